The smallest absolute Gasteiger partial charge is 0.258 e. The molecule has 5 nitrogen and oxygen atoms in total. The number of benzene rings is 1. The molecular weight excluding hydrogens is 341 g/mol. The van der Waals surface area contributed by atoms with Crippen molar-refractivity contribution in [2.24, 2.45) is 0 Å². The Morgan fingerprint density at radius 3 is 2.76 bits per heavy atom. The second-order valence-corrected chi connectivity index (χ2v) is 6.55. The van der Waals surface area contributed by atoms with Crippen molar-refractivity contribution in [1.82, 2.24) is 9.38 Å². The highest BCUT2D eigenvalue weighted by atomic mass is 32.2. The van der Waals surface area contributed by atoms with Gasteiger partial charge in [-0.15, -0.1) is 11.8 Å². The number of aryl methyl sites for hydroxylation is 1. The molecule has 0 aliphatic rings. The number of halogens is 1. The molecule has 0 bridgehead atoms. The van der Waals surface area contributed by atoms with E-state index in [0.717, 1.165) is 5.56 Å². The number of amides is 1. The maximum Gasteiger partial charge on any atom is 0.258 e. The van der Waals surface area contributed by atoms with Crippen LogP contribution in [0.3, 0.4) is 0 Å². The summed E-state index contributed by atoms with van der Waals surface area (Å²) >= 11 is 1.36. The predicted octanol–water partition coefficient (Wildman–Crippen LogP) is 3.01. The third-order valence-corrected chi connectivity index (χ3v) is 4.44. The third-order valence-electron chi connectivity index (χ3n) is 3.47. The molecule has 2 aromatic heterocycles. The lowest BCUT2D eigenvalue weighted by Gasteiger charge is -2.06. The first kappa shape index (κ1) is 17.2. The average Bonchev–Trinajstić information content (AvgIpc) is 2.58. The van der Waals surface area contributed by atoms with Gasteiger partial charge in [-0.3, -0.25) is 14.0 Å². The standard InChI is InChI=1S/C18H16FN3O2S/c1-12-2-7-16-20-15(8-18(24)22(16)9-12)10-25-11-17(23)21-14-5-3-13(19)4-6-14/h2-9H,10-11H2,1H3,(H,21,23). The number of fused-ring (bicyclic) bond motifs is 1. The summed E-state index contributed by atoms with van der Waals surface area (Å²) in [6.45, 7) is 1.91. The topological polar surface area (TPSA) is 63.5 Å². The van der Waals surface area contributed by atoms with Gasteiger partial charge in [-0.05, 0) is 42.8 Å². The summed E-state index contributed by atoms with van der Waals surface area (Å²) in [5, 5.41) is 2.69. The summed E-state index contributed by atoms with van der Waals surface area (Å²) in [6.07, 6.45) is 1.75. The van der Waals surface area contributed by atoms with Gasteiger partial charge in [0.2, 0.25) is 5.91 Å². The minimum Gasteiger partial charge on any atom is -0.325 e. The van der Waals surface area contributed by atoms with Gasteiger partial charge < -0.3 is 5.32 Å². The molecule has 0 spiro atoms. The number of nitrogens with one attached hydrogen (secondary N) is 1. The minimum absolute atomic E-state index is 0.139. The Kier molecular flexibility index (Phi) is 5.14. The summed E-state index contributed by atoms with van der Waals surface area (Å²) in [7, 11) is 0. The van der Waals surface area contributed by atoms with Crippen molar-refractivity contribution in [3.63, 3.8) is 0 Å². The van der Waals surface area contributed by atoms with E-state index in [4.69, 9.17) is 0 Å². The van der Waals surface area contributed by atoms with Gasteiger partial charge in [-0.2, -0.15) is 0 Å². The molecule has 128 valence electrons. The molecule has 0 radical (unpaired) electrons. The van der Waals surface area contributed by atoms with Crippen LogP contribution in [0.2, 0.25) is 0 Å². The minimum atomic E-state index is -0.351. The van der Waals surface area contributed by atoms with Gasteiger partial charge in [0.25, 0.3) is 5.56 Å². The summed E-state index contributed by atoms with van der Waals surface area (Å²) in [6, 6.07) is 10.8. The van der Waals surface area contributed by atoms with Crippen LogP contribution in [0.25, 0.3) is 5.65 Å². The number of aromatic nitrogens is 2. The van der Waals surface area contributed by atoms with Crippen LogP contribution < -0.4 is 10.9 Å². The zero-order valence-electron chi connectivity index (χ0n) is 13.5. The van der Waals surface area contributed by atoms with Crippen molar-refractivity contribution in [2.75, 3.05) is 11.1 Å². The van der Waals surface area contributed by atoms with Crippen molar-refractivity contribution in [3.05, 3.63) is 76.1 Å². The first-order valence-electron chi connectivity index (χ1n) is 7.63. The van der Waals surface area contributed by atoms with Gasteiger partial charge in [0.05, 0.1) is 11.4 Å². The molecule has 1 N–H and O–H groups in total. The fourth-order valence-corrected chi connectivity index (χ4v) is 3.03. The Hall–Kier alpha value is -2.67. The molecule has 1 amide bonds. The van der Waals surface area contributed by atoms with E-state index in [-0.39, 0.29) is 23.0 Å². The van der Waals surface area contributed by atoms with Crippen LogP contribution in [-0.2, 0) is 10.5 Å². The number of nitrogens with zero attached hydrogens (tertiary/aromatic N) is 2. The van der Waals surface area contributed by atoms with Gasteiger partial charge in [0.1, 0.15) is 11.5 Å². The summed E-state index contributed by atoms with van der Waals surface area (Å²) in [5.74, 6) is 0.129. The SMILES string of the molecule is Cc1ccc2nc(CSCC(=O)Nc3ccc(F)cc3)cc(=O)n2c1. The van der Waals surface area contributed by atoms with Gasteiger partial charge in [-0.1, -0.05) is 6.07 Å². The zero-order valence-corrected chi connectivity index (χ0v) is 14.3. The molecule has 0 aliphatic heterocycles. The normalized spacial score (nSPS) is 10.8. The number of hydrogen-bond acceptors (Lipinski definition) is 4. The second kappa shape index (κ2) is 7.48. The number of rotatable bonds is 5. The molecule has 0 saturated heterocycles. The van der Waals surface area contributed by atoms with E-state index >= 15 is 0 Å². The number of carbonyl (C=O) groups is 1. The molecular formula is C18H16FN3O2S. The van der Waals surface area contributed by atoms with E-state index in [9.17, 15) is 14.0 Å². The highest BCUT2D eigenvalue weighted by Crippen LogP contribution is 2.13. The zero-order chi connectivity index (χ0) is 17.8. The number of pyridine rings is 1. The van der Waals surface area contributed by atoms with Crippen LogP contribution in [0.5, 0.6) is 0 Å². The predicted molar refractivity (Wildman–Crippen MR) is 97.4 cm³/mol. The molecule has 3 rings (SSSR count). The van der Waals surface area contributed by atoms with E-state index in [1.807, 2.05) is 13.0 Å². The van der Waals surface area contributed by atoms with Gasteiger partial charge >= 0.3 is 0 Å². The van der Waals surface area contributed by atoms with Crippen molar-refractivity contribution in [3.8, 4) is 0 Å². The first-order chi connectivity index (χ1) is 12.0. The highest BCUT2D eigenvalue weighted by Gasteiger charge is 2.06. The molecule has 2 heterocycles. The number of hydrogen-bond donors (Lipinski definition) is 1. The quantitative estimate of drug-likeness (QED) is 0.762. The van der Waals surface area contributed by atoms with E-state index < -0.39 is 0 Å². The van der Waals surface area contributed by atoms with Crippen LogP contribution >= 0.6 is 11.8 Å². The molecule has 0 saturated carbocycles. The van der Waals surface area contributed by atoms with Crippen molar-refractivity contribution in [1.29, 1.82) is 0 Å². The molecule has 0 fully saturated rings. The molecule has 1 aromatic carbocycles. The van der Waals surface area contributed by atoms with Crippen LogP contribution in [-0.4, -0.2) is 21.0 Å². The lowest BCUT2D eigenvalue weighted by atomic mass is 10.3. The molecule has 7 heteroatoms. The van der Waals surface area contributed by atoms with Gasteiger partial charge in [0, 0.05) is 23.7 Å². The van der Waals surface area contributed by atoms with E-state index in [2.05, 4.69) is 10.3 Å². The number of anilines is 1. The lowest BCUT2D eigenvalue weighted by molar-refractivity contribution is -0.113. The van der Waals surface area contributed by atoms with Gasteiger partial charge in [-0.25, -0.2) is 9.37 Å². The molecule has 0 atom stereocenters. The van der Waals surface area contributed by atoms with E-state index in [1.54, 1.807) is 12.3 Å². The molecule has 25 heavy (non-hydrogen) atoms. The Bertz CT molecular complexity index is 970. The van der Waals surface area contributed by atoms with Crippen LogP contribution in [0.15, 0.2) is 53.5 Å². The Morgan fingerprint density at radius 1 is 1.24 bits per heavy atom. The molecule has 0 aliphatic carbocycles. The Morgan fingerprint density at radius 2 is 2.00 bits per heavy atom. The number of thioether (sulfide) groups is 1. The fourth-order valence-electron chi connectivity index (χ4n) is 2.31. The summed E-state index contributed by atoms with van der Waals surface area (Å²) in [5.41, 5.74) is 2.61. The van der Waals surface area contributed by atoms with Crippen LogP contribution in [0.4, 0.5) is 10.1 Å². The number of carbonyl (C=O) groups excluding carboxylic acids is 1. The average molecular weight is 357 g/mol. The van der Waals surface area contributed by atoms with Crippen LogP contribution in [0, 0.1) is 12.7 Å². The van der Waals surface area contributed by atoms with E-state index in [0.29, 0.717) is 22.8 Å². The van der Waals surface area contributed by atoms with E-state index in [1.165, 1.54) is 46.5 Å². The monoisotopic (exact) mass is 357 g/mol. The van der Waals surface area contributed by atoms with Crippen LogP contribution in [0.1, 0.15) is 11.3 Å². The summed E-state index contributed by atoms with van der Waals surface area (Å²) < 4.78 is 14.3. The van der Waals surface area contributed by atoms with Crippen molar-refractivity contribution < 1.29 is 9.18 Å². The van der Waals surface area contributed by atoms with Gasteiger partial charge in [0.15, 0.2) is 0 Å². The summed E-state index contributed by atoms with van der Waals surface area (Å²) in [4.78, 5) is 28.5. The van der Waals surface area contributed by atoms with Crippen molar-refractivity contribution in [2.45, 2.75) is 12.7 Å². The molecule has 0 unspecified atom stereocenters. The Labute approximate surface area is 147 Å². The van der Waals surface area contributed by atoms with Crippen molar-refractivity contribution >= 4 is 29.0 Å². The third kappa shape index (κ3) is 4.45. The first-order valence-corrected chi connectivity index (χ1v) is 8.79. The Balaban J connectivity index is 1.59. The molecule has 3 aromatic rings. The maximum atomic E-state index is 12.8. The highest BCUT2D eigenvalue weighted by molar-refractivity contribution is 7.99. The lowest BCUT2D eigenvalue weighted by Crippen LogP contribution is -2.16. The largest absolute Gasteiger partial charge is 0.325 e. The maximum absolute atomic E-state index is 12.8. The fraction of sp³-hybridized carbons (Fsp3) is 0.167. The second-order valence-electron chi connectivity index (χ2n) is 5.57.